The standard InChI is InChI=1S/C14H12ClFO2/c15-13-9-10(3-6-14(13)16)8-11(17)4-5-12-2-1-7-18-12/h1-3,6-7,9H,4-5,8H2. The van der Waals surface area contributed by atoms with Crippen molar-refractivity contribution in [3.8, 4) is 0 Å². The molecule has 0 N–H and O–H groups in total. The number of hydrogen-bond acceptors (Lipinski definition) is 2. The summed E-state index contributed by atoms with van der Waals surface area (Å²) >= 11 is 5.65. The van der Waals surface area contributed by atoms with Gasteiger partial charge in [-0.15, -0.1) is 0 Å². The summed E-state index contributed by atoms with van der Waals surface area (Å²) in [5.41, 5.74) is 0.728. The van der Waals surface area contributed by atoms with E-state index >= 15 is 0 Å². The minimum Gasteiger partial charge on any atom is -0.469 e. The van der Waals surface area contributed by atoms with Gasteiger partial charge in [-0.2, -0.15) is 0 Å². The molecular weight excluding hydrogens is 255 g/mol. The molecule has 18 heavy (non-hydrogen) atoms. The van der Waals surface area contributed by atoms with Crippen LogP contribution < -0.4 is 0 Å². The van der Waals surface area contributed by atoms with Gasteiger partial charge in [-0.1, -0.05) is 17.7 Å². The van der Waals surface area contributed by atoms with Crippen molar-refractivity contribution in [2.24, 2.45) is 0 Å². The molecule has 0 bridgehead atoms. The summed E-state index contributed by atoms with van der Waals surface area (Å²) in [5.74, 6) is 0.401. The van der Waals surface area contributed by atoms with Crippen LogP contribution in [0.4, 0.5) is 4.39 Å². The third kappa shape index (κ3) is 3.44. The maximum atomic E-state index is 12.9. The van der Waals surface area contributed by atoms with Crippen molar-refractivity contribution >= 4 is 17.4 Å². The topological polar surface area (TPSA) is 30.2 Å². The van der Waals surface area contributed by atoms with E-state index in [9.17, 15) is 9.18 Å². The van der Waals surface area contributed by atoms with E-state index in [4.69, 9.17) is 16.0 Å². The summed E-state index contributed by atoms with van der Waals surface area (Å²) in [5, 5.41) is 0.0475. The highest BCUT2D eigenvalue weighted by molar-refractivity contribution is 6.30. The van der Waals surface area contributed by atoms with E-state index in [-0.39, 0.29) is 17.2 Å². The predicted octanol–water partition coefficient (Wildman–Crippen LogP) is 3.82. The molecule has 0 saturated carbocycles. The summed E-state index contributed by atoms with van der Waals surface area (Å²) in [6.07, 6.45) is 2.84. The molecule has 2 aromatic rings. The fourth-order valence-corrected chi connectivity index (χ4v) is 1.89. The Balaban J connectivity index is 1.88. The number of carbonyl (C=O) groups is 1. The van der Waals surface area contributed by atoms with Crippen LogP contribution in [0.3, 0.4) is 0 Å². The van der Waals surface area contributed by atoms with Gasteiger partial charge >= 0.3 is 0 Å². The van der Waals surface area contributed by atoms with Crippen molar-refractivity contribution < 1.29 is 13.6 Å². The van der Waals surface area contributed by atoms with Crippen molar-refractivity contribution in [3.05, 3.63) is 58.8 Å². The van der Waals surface area contributed by atoms with Gasteiger partial charge in [-0.3, -0.25) is 4.79 Å². The highest BCUT2D eigenvalue weighted by atomic mass is 35.5. The number of carbonyl (C=O) groups excluding carboxylic acids is 1. The van der Waals surface area contributed by atoms with Gasteiger partial charge in [-0.05, 0) is 29.8 Å². The van der Waals surface area contributed by atoms with Crippen LogP contribution >= 0.6 is 11.6 Å². The van der Waals surface area contributed by atoms with Crippen LogP contribution in [0.15, 0.2) is 41.0 Å². The van der Waals surface area contributed by atoms with Crippen molar-refractivity contribution in [1.29, 1.82) is 0 Å². The largest absolute Gasteiger partial charge is 0.469 e. The van der Waals surface area contributed by atoms with Crippen LogP contribution in [0.2, 0.25) is 5.02 Å². The number of halogens is 2. The average molecular weight is 267 g/mol. The molecule has 2 rings (SSSR count). The minimum absolute atomic E-state index is 0.0475. The lowest BCUT2D eigenvalue weighted by atomic mass is 10.1. The molecule has 1 aromatic heterocycles. The number of benzene rings is 1. The third-order valence-corrected chi connectivity index (χ3v) is 2.91. The fraction of sp³-hybridized carbons (Fsp3) is 0.214. The van der Waals surface area contributed by atoms with Gasteiger partial charge in [0.1, 0.15) is 17.4 Å². The molecule has 2 nitrogen and oxygen atoms in total. The smallest absolute Gasteiger partial charge is 0.141 e. The summed E-state index contributed by atoms with van der Waals surface area (Å²) in [6, 6.07) is 7.97. The minimum atomic E-state index is -0.469. The van der Waals surface area contributed by atoms with Gasteiger partial charge in [0.25, 0.3) is 0 Å². The molecule has 4 heteroatoms. The Morgan fingerprint density at radius 1 is 1.33 bits per heavy atom. The molecule has 0 aliphatic heterocycles. The molecule has 94 valence electrons. The van der Waals surface area contributed by atoms with Crippen molar-refractivity contribution in [1.82, 2.24) is 0 Å². The quantitative estimate of drug-likeness (QED) is 0.824. The van der Waals surface area contributed by atoms with Crippen LogP contribution in [0.25, 0.3) is 0 Å². The van der Waals surface area contributed by atoms with E-state index < -0.39 is 5.82 Å². The molecular formula is C14H12ClFO2. The van der Waals surface area contributed by atoms with E-state index in [1.54, 1.807) is 18.4 Å². The first-order valence-electron chi connectivity index (χ1n) is 5.63. The lowest BCUT2D eigenvalue weighted by molar-refractivity contribution is -0.118. The van der Waals surface area contributed by atoms with Crippen molar-refractivity contribution in [3.63, 3.8) is 0 Å². The Bertz CT molecular complexity index is 535. The zero-order valence-electron chi connectivity index (χ0n) is 9.66. The zero-order valence-corrected chi connectivity index (χ0v) is 10.4. The molecule has 0 atom stereocenters. The molecule has 1 heterocycles. The van der Waals surface area contributed by atoms with Crippen LogP contribution in [-0.2, 0) is 17.6 Å². The van der Waals surface area contributed by atoms with Gasteiger partial charge < -0.3 is 4.42 Å². The SMILES string of the molecule is O=C(CCc1ccco1)Cc1ccc(F)c(Cl)c1. The predicted molar refractivity (Wildman–Crippen MR) is 67.2 cm³/mol. The number of Topliss-reactive ketones (excluding diaryl/α,β-unsaturated/α-hetero) is 1. The van der Waals surface area contributed by atoms with Gasteiger partial charge in [0.15, 0.2) is 0 Å². The third-order valence-electron chi connectivity index (χ3n) is 2.62. The summed E-state index contributed by atoms with van der Waals surface area (Å²) in [4.78, 5) is 11.7. The van der Waals surface area contributed by atoms with E-state index in [0.29, 0.717) is 12.8 Å². The Morgan fingerprint density at radius 2 is 2.17 bits per heavy atom. The number of rotatable bonds is 5. The molecule has 0 fully saturated rings. The average Bonchev–Trinajstić information content (AvgIpc) is 2.84. The van der Waals surface area contributed by atoms with Crippen LogP contribution in [0.1, 0.15) is 17.7 Å². The normalized spacial score (nSPS) is 10.6. The molecule has 0 aliphatic carbocycles. The maximum Gasteiger partial charge on any atom is 0.141 e. The molecule has 0 aliphatic rings. The van der Waals surface area contributed by atoms with Crippen molar-refractivity contribution in [2.75, 3.05) is 0 Å². The van der Waals surface area contributed by atoms with Gasteiger partial charge in [0, 0.05) is 19.3 Å². The number of ketones is 1. The molecule has 0 spiro atoms. The second-order valence-corrected chi connectivity index (χ2v) is 4.45. The van der Waals surface area contributed by atoms with Gasteiger partial charge in [0.05, 0.1) is 11.3 Å². The van der Waals surface area contributed by atoms with Crippen molar-refractivity contribution in [2.45, 2.75) is 19.3 Å². The Kier molecular flexibility index (Phi) is 4.15. The highest BCUT2D eigenvalue weighted by Gasteiger charge is 2.07. The first-order chi connectivity index (χ1) is 8.65. The molecule has 0 unspecified atom stereocenters. The Labute approximate surface area is 109 Å². The van der Waals surface area contributed by atoms with E-state index in [2.05, 4.69) is 0 Å². The van der Waals surface area contributed by atoms with E-state index in [0.717, 1.165) is 11.3 Å². The van der Waals surface area contributed by atoms with Gasteiger partial charge in [0.2, 0.25) is 0 Å². The summed E-state index contributed by atoms with van der Waals surface area (Å²) in [7, 11) is 0. The highest BCUT2D eigenvalue weighted by Crippen LogP contribution is 2.17. The van der Waals surface area contributed by atoms with Gasteiger partial charge in [-0.25, -0.2) is 4.39 Å². The maximum absolute atomic E-state index is 12.9. The van der Waals surface area contributed by atoms with Crippen LogP contribution in [0.5, 0.6) is 0 Å². The second kappa shape index (κ2) is 5.83. The van der Waals surface area contributed by atoms with E-state index in [1.807, 2.05) is 6.07 Å². The number of aryl methyl sites for hydroxylation is 1. The van der Waals surface area contributed by atoms with E-state index in [1.165, 1.54) is 12.1 Å². The lowest BCUT2D eigenvalue weighted by Gasteiger charge is -2.02. The van der Waals surface area contributed by atoms with Crippen LogP contribution in [-0.4, -0.2) is 5.78 Å². The molecule has 0 saturated heterocycles. The lowest BCUT2D eigenvalue weighted by Crippen LogP contribution is -2.04. The summed E-state index contributed by atoms with van der Waals surface area (Å²) in [6.45, 7) is 0. The zero-order chi connectivity index (χ0) is 13.0. The molecule has 1 aromatic carbocycles. The molecule has 0 radical (unpaired) electrons. The Morgan fingerprint density at radius 3 is 2.83 bits per heavy atom. The number of hydrogen-bond donors (Lipinski definition) is 0. The molecule has 0 amide bonds. The Hall–Kier alpha value is -1.61. The fourth-order valence-electron chi connectivity index (χ4n) is 1.68. The first-order valence-corrected chi connectivity index (χ1v) is 6.01. The van der Waals surface area contributed by atoms with Crippen LogP contribution in [0, 0.1) is 5.82 Å². The number of furan rings is 1. The second-order valence-electron chi connectivity index (χ2n) is 4.04. The monoisotopic (exact) mass is 266 g/mol. The summed E-state index contributed by atoms with van der Waals surface area (Å²) < 4.78 is 18.1. The first kappa shape index (κ1) is 12.8.